The molecule has 122 valence electrons. The van der Waals surface area contributed by atoms with E-state index in [1.165, 1.54) is 0 Å². The smallest absolute Gasteiger partial charge is 0.301 e. The highest BCUT2D eigenvalue weighted by atomic mass is 16.6. The van der Waals surface area contributed by atoms with Crippen molar-refractivity contribution in [2.75, 3.05) is 17.2 Å². The molecule has 0 fully saturated rings. The molecule has 8 nitrogen and oxygen atoms in total. The van der Waals surface area contributed by atoms with Crippen molar-refractivity contribution in [1.82, 2.24) is 14.8 Å². The van der Waals surface area contributed by atoms with Crippen LogP contribution in [0.5, 0.6) is 0 Å². The molecule has 0 bridgehead atoms. The van der Waals surface area contributed by atoms with Crippen LogP contribution in [0, 0.1) is 10.1 Å². The summed E-state index contributed by atoms with van der Waals surface area (Å²) in [6.45, 7) is 2.01. The Balaban J connectivity index is 1.84. The number of fused-ring (bicyclic) bond motifs is 2. The maximum absolute atomic E-state index is 11.7. The van der Waals surface area contributed by atoms with Gasteiger partial charge in [0.1, 0.15) is 11.5 Å². The maximum Gasteiger partial charge on any atom is 0.301 e. The van der Waals surface area contributed by atoms with E-state index in [9.17, 15) is 10.1 Å². The molecule has 0 saturated carbocycles. The Morgan fingerprint density at radius 2 is 2.12 bits per heavy atom. The number of nitrogen functional groups attached to an aromatic ring is 1. The lowest BCUT2D eigenvalue weighted by molar-refractivity contribution is -0.382. The first-order valence-corrected chi connectivity index (χ1v) is 7.73. The number of nitro groups is 1. The standard InChI is InChI=1S/C16H16N6O2/c17-15-9-11-10-20(7-2-8-21(11)19-15)14-5-4-13-12(3-1-6-18-13)16(14)22(23)24/h1,3-6,9H,2,7-8,10H2,(H2,17,19). The predicted octanol–water partition coefficient (Wildman–Crippen LogP) is 2.33. The Hall–Kier alpha value is -3.16. The number of hydrogen-bond acceptors (Lipinski definition) is 6. The molecule has 3 aromatic rings. The quantitative estimate of drug-likeness (QED) is 0.573. The van der Waals surface area contributed by atoms with Crippen molar-refractivity contribution in [2.45, 2.75) is 19.5 Å². The van der Waals surface area contributed by atoms with Crippen LogP contribution in [-0.2, 0) is 13.1 Å². The minimum atomic E-state index is -0.324. The lowest BCUT2D eigenvalue weighted by Gasteiger charge is -2.22. The number of nitro benzene ring substituents is 1. The third-order valence-electron chi connectivity index (χ3n) is 4.29. The number of rotatable bonds is 2. The molecule has 1 aliphatic rings. The zero-order valence-corrected chi connectivity index (χ0v) is 12.9. The summed E-state index contributed by atoms with van der Waals surface area (Å²) in [5.74, 6) is 0.476. The fourth-order valence-electron chi connectivity index (χ4n) is 3.26. The molecule has 8 heteroatoms. The lowest BCUT2D eigenvalue weighted by Crippen LogP contribution is -2.23. The third kappa shape index (κ3) is 2.32. The summed E-state index contributed by atoms with van der Waals surface area (Å²) in [6.07, 6.45) is 2.48. The molecule has 1 aromatic carbocycles. The van der Waals surface area contributed by atoms with E-state index in [1.54, 1.807) is 24.4 Å². The zero-order chi connectivity index (χ0) is 16.7. The number of anilines is 2. The molecular formula is C16H16N6O2. The Bertz CT molecular complexity index is 935. The van der Waals surface area contributed by atoms with Gasteiger partial charge in [-0.1, -0.05) is 0 Å². The van der Waals surface area contributed by atoms with Crippen LogP contribution < -0.4 is 10.6 Å². The van der Waals surface area contributed by atoms with Gasteiger partial charge in [-0.05, 0) is 30.7 Å². The Morgan fingerprint density at radius 3 is 2.96 bits per heavy atom. The van der Waals surface area contributed by atoms with Gasteiger partial charge in [-0.25, -0.2) is 0 Å². The van der Waals surface area contributed by atoms with Crippen LogP contribution in [0.1, 0.15) is 12.1 Å². The molecule has 24 heavy (non-hydrogen) atoms. The van der Waals surface area contributed by atoms with Gasteiger partial charge in [0.05, 0.1) is 28.1 Å². The zero-order valence-electron chi connectivity index (χ0n) is 12.9. The normalized spacial score (nSPS) is 14.4. The fourth-order valence-corrected chi connectivity index (χ4v) is 3.26. The van der Waals surface area contributed by atoms with Crippen LogP contribution >= 0.6 is 0 Å². The summed E-state index contributed by atoms with van der Waals surface area (Å²) in [5, 5.41) is 16.6. The highest BCUT2D eigenvalue weighted by Crippen LogP contribution is 2.36. The number of nitrogens with two attached hydrogens (primary N) is 1. The highest BCUT2D eigenvalue weighted by molar-refractivity contribution is 5.94. The van der Waals surface area contributed by atoms with Crippen molar-refractivity contribution < 1.29 is 4.92 Å². The summed E-state index contributed by atoms with van der Waals surface area (Å²) in [7, 11) is 0. The van der Waals surface area contributed by atoms with Crippen LogP contribution in [0.4, 0.5) is 17.2 Å². The second-order valence-electron chi connectivity index (χ2n) is 5.82. The van der Waals surface area contributed by atoms with E-state index < -0.39 is 0 Å². The molecule has 0 unspecified atom stereocenters. The summed E-state index contributed by atoms with van der Waals surface area (Å²) in [4.78, 5) is 17.6. The van der Waals surface area contributed by atoms with Gasteiger partial charge < -0.3 is 10.6 Å². The molecule has 1 aliphatic heterocycles. The summed E-state index contributed by atoms with van der Waals surface area (Å²) in [5.41, 5.74) is 8.07. The molecule has 4 rings (SSSR count). The van der Waals surface area contributed by atoms with Gasteiger partial charge in [-0.3, -0.25) is 19.8 Å². The van der Waals surface area contributed by atoms with Crippen molar-refractivity contribution in [3.05, 3.63) is 52.3 Å². The minimum Gasteiger partial charge on any atom is -0.382 e. The van der Waals surface area contributed by atoms with Gasteiger partial charge in [0.25, 0.3) is 0 Å². The van der Waals surface area contributed by atoms with Crippen molar-refractivity contribution in [1.29, 1.82) is 0 Å². The van der Waals surface area contributed by atoms with Crippen LogP contribution in [-0.4, -0.2) is 26.2 Å². The van der Waals surface area contributed by atoms with E-state index in [0.29, 0.717) is 29.0 Å². The summed E-state index contributed by atoms with van der Waals surface area (Å²) in [6, 6.07) is 8.89. The summed E-state index contributed by atoms with van der Waals surface area (Å²) < 4.78 is 1.88. The number of pyridine rings is 1. The van der Waals surface area contributed by atoms with E-state index in [4.69, 9.17) is 5.73 Å². The monoisotopic (exact) mass is 324 g/mol. The molecule has 0 amide bonds. The van der Waals surface area contributed by atoms with E-state index in [2.05, 4.69) is 10.1 Å². The molecule has 2 aromatic heterocycles. The van der Waals surface area contributed by atoms with Gasteiger partial charge >= 0.3 is 5.69 Å². The van der Waals surface area contributed by atoms with Crippen LogP contribution in [0.3, 0.4) is 0 Å². The van der Waals surface area contributed by atoms with E-state index in [-0.39, 0.29) is 10.6 Å². The average Bonchev–Trinajstić information content (AvgIpc) is 2.80. The van der Waals surface area contributed by atoms with Gasteiger partial charge in [0.15, 0.2) is 0 Å². The SMILES string of the molecule is Nc1cc2n(n1)CCCN(c1ccc3ncccc3c1[N+](=O)[O-])C2. The Labute approximate surface area is 137 Å². The van der Waals surface area contributed by atoms with Crippen molar-refractivity contribution in [3.63, 3.8) is 0 Å². The van der Waals surface area contributed by atoms with Gasteiger partial charge in [-0.2, -0.15) is 5.10 Å². The molecule has 0 spiro atoms. The maximum atomic E-state index is 11.7. The van der Waals surface area contributed by atoms with E-state index in [0.717, 1.165) is 25.2 Å². The average molecular weight is 324 g/mol. The summed E-state index contributed by atoms with van der Waals surface area (Å²) >= 11 is 0. The second-order valence-corrected chi connectivity index (χ2v) is 5.82. The first-order valence-electron chi connectivity index (χ1n) is 7.73. The second kappa shape index (κ2) is 5.48. The minimum absolute atomic E-state index is 0.0986. The highest BCUT2D eigenvalue weighted by Gasteiger charge is 2.25. The number of hydrogen-bond donors (Lipinski definition) is 1. The fraction of sp³-hybridized carbons (Fsp3) is 0.250. The number of nitrogens with zero attached hydrogens (tertiary/aromatic N) is 5. The van der Waals surface area contributed by atoms with Crippen molar-refractivity contribution in [3.8, 4) is 0 Å². The first kappa shape index (κ1) is 14.4. The number of aromatic nitrogens is 3. The molecule has 0 atom stereocenters. The molecule has 0 saturated heterocycles. The van der Waals surface area contributed by atoms with Gasteiger partial charge in [0, 0.05) is 25.4 Å². The topological polar surface area (TPSA) is 103 Å². The molecule has 3 heterocycles. The largest absolute Gasteiger partial charge is 0.382 e. The first-order chi connectivity index (χ1) is 11.6. The molecule has 2 N–H and O–H groups in total. The van der Waals surface area contributed by atoms with Crippen LogP contribution in [0.25, 0.3) is 10.9 Å². The number of benzene rings is 1. The molecular weight excluding hydrogens is 308 g/mol. The van der Waals surface area contributed by atoms with Crippen molar-refractivity contribution >= 4 is 28.1 Å². The molecule has 0 aliphatic carbocycles. The van der Waals surface area contributed by atoms with E-state index in [1.807, 2.05) is 21.7 Å². The van der Waals surface area contributed by atoms with Crippen LogP contribution in [0.15, 0.2) is 36.5 Å². The predicted molar refractivity (Wildman–Crippen MR) is 90.7 cm³/mol. The van der Waals surface area contributed by atoms with Gasteiger partial charge in [0.2, 0.25) is 0 Å². The third-order valence-corrected chi connectivity index (χ3v) is 4.29. The molecule has 0 radical (unpaired) electrons. The Kier molecular flexibility index (Phi) is 3.30. The van der Waals surface area contributed by atoms with E-state index >= 15 is 0 Å². The van der Waals surface area contributed by atoms with Crippen molar-refractivity contribution in [2.24, 2.45) is 0 Å². The lowest BCUT2D eigenvalue weighted by atomic mass is 10.1. The van der Waals surface area contributed by atoms with Crippen LogP contribution in [0.2, 0.25) is 0 Å². The number of aryl methyl sites for hydroxylation is 1. The van der Waals surface area contributed by atoms with Gasteiger partial charge in [-0.15, -0.1) is 0 Å². The Morgan fingerprint density at radius 1 is 1.25 bits per heavy atom.